The van der Waals surface area contributed by atoms with Crippen LogP contribution < -0.4 is 10.1 Å². The number of anilines is 1. The zero-order valence-electron chi connectivity index (χ0n) is 12.3. The molecule has 0 aliphatic heterocycles. The number of aryl methyl sites for hydroxylation is 1. The van der Waals surface area contributed by atoms with Gasteiger partial charge in [-0.1, -0.05) is 31.5 Å². The molecular formula is C17H20BrNO2. The minimum atomic E-state index is 0.132. The fourth-order valence-electron chi connectivity index (χ4n) is 2.26. The van der Waals surface area contributed by atoms with Gasteiger partial charge in [0.2, 0.25) is 0 Å². The summed E-state index contributed by atoms with van der Waals surface area (Å²) in [6, 6.07) is 12.1. The second kappa shape index (κ2) is 7.36. The Labute approximate surface area is 134 Å². The molecule has 0 heterocycles. The van der Waals surface area contributed by atoms with Gasteiger partial charge < -0.3 is 15.2 Å². The Morgan fingerprint density at radius 3 is 2.71 bits per heavy atom. The van der Waals surface area contributed by atoms with Gasteiger partial charge in [0.25, 0.3) is 0 Å². The third kappa shape index (κ3) is 3.91. The first-order valence-corrected chi connectivity index (χ1v) is 7.82. The van der Waals surface area contributed by atoms with Crippen molar-refractivity contribution in [3.8, 4) is 11.5 Å². The Kier molecular flexibility index (Phi) is 5.51. The van der Waals surface area contributed by atoms with E-state index in [9.17, 15) is 5.11 Å². The number of rotatable bonds is 6. The van der Waals surface area contributed by atoms with Crippen LogP contribution >= 0.6 is 15.9 Å². The average Bonchev–Trinajstić information content (AvgIpc) is 2.50. The Hall–Kier alpha value is -1.68. The van der Waals surface area contributed by atoms with Gasteiger partial charge in [-0.25, -0.2) is 0 Å². The third-order valence-electron chi connectivity index (χ3n) is 3.33. The summed E-state index contributed by atoms with van der Waals surface area (Å²) < 4.78 is 5.81. The number of para-hydroxylation sites is 1. The van der Waals surface area contributed by atoms with Crippen LogP contribution in [-0.2, 0) is 13.0 Å². The molecule has 112 valence electrons. The van der Waals surface area contributed by atoms with Crippen molar-refractivity contribution >= 4 is 21.6 Å². The second-order valence-electron chi connectivity index (χ2n) is 4.89. The van der Waals surface area contributed by atoms with Crippen molar-refractivity contribution in [2.24, 2.45) is 0 Å². The standard InChI is InChI=1S/C17H20BrNO2/c1-3-6-13-7-4-5-8-15(13)19-11-12-9-14(18)17(20)16(10-12)21-2/h4-5,7-10,19-20H,3,6,11H2,1-2H3. The first-order chi connectivity index (χ1) is 10.2. The smallest absolute Gasteiger partial charge is 0.172 e. The number of hydrogen-bond acceptors (Lipinski definition) is 3. The molecule has 0 aliphatic rings. The van der Waals surface area contributed by atoms with E-state index in [1.165, 1.54) is 5.56 Å². The Balaban J connectivity index is 2.15. The highest BCUT2D eigenvalue weighted by atomic mass is 79.9. The van der Waals surface area contributed by atoms with Crippen molar-refractivity contribution in [1.82, 2.24) is 0 Å². The summed E-state index contributed by atoms with van der Waals surface area (Å²) in [5, 5.41) is 13.3. The highest BCUT2D eigenvalue weighted by molar-refractivity contribution is 9.10. The summed E-state index contributed by atoms with van der Waals surface area (Å²) in [6.07, 6.45) is 2.18. The molecule has 2 N–H and O–H groups in total. The van der Waals surface area contributed by atoms with Crippen molar-refractivity contribution in [1.29, 1.82) is 0 Å². The Morgan fingerprint density at radius 1 is 1.24 bits per heavy atom. The zero-order chi connectivity index (χ0) is 15.2. The summed E-state index contributed by atoms with van der Waals surface area (Å²) in [7, 11) is 1.55. The van der Waals surface area contributed by atoms with E-state index in [1.54, 1.807) is 7.11 Å². The van der Waals surface area contributed by atoms with Crippen LogP contribution in [0.1, 0.15) is 24.5 Å². The van der Waals surface area contributed by atoms with E-state index < -0.39 is 0 Å². The van der Waals surface area contributed by atoms with Gasteiger partial charge in [-0.15, -0.1) is 0 Å². The minimum Gasteiger partial charge on any atom is -0.503 e. The number of halogens is 1. The molecular weight excluding hydrogens is 330 g/mol. The minimum absolute atomic E-state index is 0.132. The van der Waals surface area contributed by atoms with Gasteiger partial charge in [-0.3, -0.25) is 0 Å². The van der Waals surface area contributed by atoms with Crippen LogP contribution in [0.25, 0.3) is 0 Å². The molecule has 4 heteroatoms. The molecule has 0 saturated carbocycles. The molecule has 0 radical (unpaired) electrons. The Morgan fingerprint density at radius 2 is 2.00 bits per heavy atom. The van der Waals surface area contributed by atoms with Crippen LogP contribution in [0.5, 0.6) is 11.5 Å². The average molecular weight is 350 g/mol. The number of phenolic OH excluding ortho intramolecular Hbond substituents is 1. The van der Waals surface area contributed by atoms with Gasteiger partial charge in [-0.2, -0.15) is 0 Å². The van der Waals surface area contributed by atoms with Crippen LogP contribution in [-0.4, -0.2) is 12.2 Å². The van der Waals surface area contributed by atoms with Crippen molar-refractivity contribution in [2.45, 2.75) is 26.3 Å². The molecule has 0 atom stereocenters. The summed E-state index contributed by atoms with van der Waals surface area (Å²) in [5.74, 6) is 0.607. The predicted molar refractivity (Wildman–Crippen MR) is 90.1 cm³/mol. The first-order valence-electron chi connectivity index (χ1n) is 7.02. The van der Waals surface area contributed by atoms with Crippen LogP contribution in [0.4, 0.5) is 5.69 Å². The summed E-state index contributed by atoms with van der Waals surface area (Å²) >= 11 is 3.35. The molecule has 0 unspecified atom stereocenters. The maximum Gasteiger partial charge on any atom is 0.172 e. The van der Waals surface area contributed by atoms with Crippen molar-refractivity contribution in [2.75, 3.05) is 12.4 Å². The fourth-order valence-corrected chi connectivity index (χ4v) is 2.75. The number of nitrogens with one attached hydrogen (secondary N) is 1. The fraction of sp³-hybridized carbons (Fsp3) is 0.294. The largest absolute Gasteiger partial charge is 0.503 e. The molecule has 2 rings (SSSR count). The summed E-state index contributed by atoms with van der Waals surface area (Å²) in [4.78, 5) is 0. The highest BCUT2D eigenvalue weighted by Crippen LogP contribution is 2.35. The second-order valence-corrected chi connectivity index (χ2v) is 5.74. The van der Waals surface area contributed by atoms with Gasteiger partial charge in [0.15, 0.2) is 11.5 Å². The van der Waals surface area contributed by atoms with Crippen molar-refractivity contribution < 1.29 is 9.84 Å². The monoisotopic (exact) mass is 349 g/mol. The van der Waals surface area contributed by atoms with Crippen LogP contribution in [0, 0.1) is 0 Å². The highest BCUT2D eigenvalue weighted by Gasteiger charge is 2.09. The normalized spacial score (nSPS) is 10.4. The van der Waals surface area contributed by atoms with E-state index >= 15 is 0 Å². The lowest BCUT2D eigenvalue weighted by molar-refractivity contribution is 0.371. The summed E-state index contributed by atoms with van der Waals surface area (Å²) in [6.45, 7) is 2.86. The maximum atomic E-state index is 9.83. The molecule has 0 amide bonds. The molecule has 0 saturated heterocycles. The SMILES string of the molecule is CCCc1ccccc1NCc1cc(Br)c(O)c(OC)c1. The zero-order valence-corrected chi connectivity index (χ0v) is 13.9. The number of phenols is 1. The van der Waals surface area contributed by atoms with Gasteiger partial charge in [0, 0.05) is 12.2 Å². The molecule has 3 nitrogen and oxygen atoms in total. The lowest BCUT2D eigenvalue weighted by Crippen LogP contribution is -2.03. The molecule has 0 aliphatic carbocycles. The molecule has 2 aromatic rings. The third-order valence-corrected chi connectivity index (χ3v) is 3.93. The van der Waals surface area contributed by atoms with Crippen molar-refractivity contribution in [3.63, 3.8) is 0 Å². The van der Waals surface area contributed by atoms with E-state index in [1.807, 2.05) is 18.2 Å². The van der Waals surface area contributed by atoms with E-state index in [4.69, 9.17) is 4.74 Å². The molecule has 21 heavy (non-hydrogen) atoms. The number of aromatic hydroxyl groups is 1. The van der Waals surface area contributed by atoms with Crippen LogP contribution in [0.15, 0.2) is 40.9 Å². The van der Waals surface area contributed by atoms with E-state index in [2.05, 4.69) is 46.4 Å². The lowest BCUT2D eigenvalue weighted by Gasteiger charge is -2.13. The quantitative estimate of drug-likeness (QED) is 0.792. The first kappa shape index (κ1) is 15.7. The molecule has 2 aromatic carbocycles. The van der Waals surface area contributed by atoms with Gasteiger partial charge in [0.1, 0.15) is 0 Å². The lowest BCUT2D eigenvalue weighted by atomic mass is 10.1. The van der Waals surface area contributed by atoms with E-state index in [0.717, 1.165) is 24.1 Å². The number of benzene rings is 2. The van der Waals surface area contributed by atoms with E-state index in [-0.39, 0.29) is 5.75 Å². The van der Waals surface area contributed by atoms with E-state index in [0.29, 0.717) is 16.8 Å². The maximum absolute atomic E-state index is 9.83. The topological polar surface area (TPSA) is 41.5 Å². The predicted octanol–water partition coefficient (Wildman–Crippen LogP) is 4.73. The van der Waals surface area contributed by atoms with Crippen LogP contribution in [0.3, 0.4) is 0 Å². The van der Waals surface area contributed by atoms with Gasteiger partial charge in [-0.05, 0) is 51.7 Å². The van der Waals surface area contributed by atoms with Gasteiger partial charge >= 0.3 is 0 Å². The molecule has 0 aromatic heterocycles. The van der Waals surface area contributed by atoms with Gasteiger partial charge in [0.05, 0.1) is 11.6 Å². The molecule has 0 fully saturated rings. The van der Waals surface area contributed by atoms with Crippen LogP contribution in [0.2, 0.25) is 0 Å². The molecule has 0 bridgehead atoms. The molecule has 0 spiro atoms. The Bertz CT molecular complexity index is 614. The number of methoxy groups -OCH3 is 1. The summed E-state index contributed by atoms with van der Waals surface area (Å²) in [5.41, 5.74) is 3.52. The number of hydrogen-bond donors (Lipinski definition) is 2. The van der Waals surface area contributed by atoms with Crippen molar-refractivity contribution in [3.05, 3.63) is 52.0 Å². The number of ether oxygens (including phenoxy) is 1.